The quantitative estimate of drug-likeness (QED) is 0.779. The van der Waals surface area contributed by atoms with E-state index in [0.29, 0.717) is 12.5 Å². The number of primary amides is 1. The number of benzene rings is 1. The van der Waals surface area contributed by atoms with Crippen LogP contribution in [0.25, 0.3) is 0 Å². The van der Waals surface area contributed by atoms with E-state index < -0.39 is 0 Å². The Morgan fingerprint density at radius 1 is 1.04 bits per heavy atom. The van der Waals surface area contributed by atoms with Crippen LogP contribution in [-0.4, -0.2) is 61.3 Å². The predicted molar refractivity (Wildman–Crippen MR) is 119 cm³/mol. The van der Waals surface area contributed by atoms with E-state index in [1.165, 1.54) is 5.56 Å². The van der Waals surface area contributed by atoms with Gasteiger partial charge >= 0.3 is 0 Å². The molecule has 2 rings (SSSR count). The van der Waals surface area contributed by atoms with Crippen molar-refractivity contribution in [1.82, 2.24) is 9.80 Å². The number of nitrogens with zero attached hydrogens (tertiary/aromatic N) is 2. The van der Waals surface area contributed by atoms with E-state index in [0.717, 1.165) is 31.7 Å². The van der Waals surface area contributed by atoms with Gasteiger partial charge in [-0.3, -0.25) is 14.5 Å². The van der Waals surface area contributed by atoms with Crippen molar-refractivity contribution < 1.29 is 9.59 Å². The average molecular weight is 392 g/mol. The highest BCUT2D eigenvalue weighted by molar-refractivity contribution is 5.94. The first-order chi connectivity index (χ1) is 13.0. The molecule has 0 bridgehead atoms. The third-order valence-electron chi connectivity index (χ3n) is 5.45. The number of ketones is 1. The van der Waals surface area contributed by atoms with Gasteiger partial charge in [0, 0.05) is 31.7 Å². The Labute approximate surface area is 172 Å². The van der Waals surface area contributed by atoms with Gasteiger partial charge in [-0.1, -0.05) is 65.8 Å². The molecule has 1 aromatic carbocycles. The van der Waals surface area contributed by atoms with Gasteiger partial charge in [0.2, 0.25) is 5.91 Å². The van der Waals surface area contributed by atoms with Gasteiger partial charge in [0.25, 0.3) is 0 Å². The Hall–Kier alpha value is -1.72. The molecule has 0 saturated carbocycles. The fraction of sp³-hybridized carbons (Fsp3) is 0.652. The standard InChI is InChI=1S/C14H20O.C7H15N3O.C2H6/c1-10(2)14(4,5)13-8-6-12(7-9-13)11(3)15;1-9-2-4-10(5-3-9)6-7(8)11;1-2/h6-10H,1-5H3;2-6H2,1H3,(H2,8,11);1-2H3. The van der Waals surface area contributed by atoms with E-state index in [1.54, 1.807) is 6.92 Å². The fourth-order valence-corrected chi connectivity index (χ4v) is 2.69. The number of nitrogens with two attached hydrogens (primary N) is 1. The SMILES string of the molecule is CC.CC(=O)c1ccc(C(C)(C)C(C)C)cc1.CN1CCN(CC(N)=O)CC1. The molecule has 0 atom stereocenters. The van der Waals surface area contributed by atoms with Crippen LogP contribution in [-0.2, 0) is 10.2 Å². The van der Waals surface area contributed by atoms with Crippen LogP contribution in [0.1, 0.15) is 64.4 Å². The molecule has 0 aromatic heterocycles. The second-order valence-electron chi connectivity index (χ2n) is 8.06. The molecule has 1 aromatic rings. The first kappa shape index (κ1) is 26.3. The minimum Gasteiger partial charge on any atom is -0.369 e. The maximum Gasteiger partial charge on any atom is 0.231 e. The Balaban J connectivity index is 0.000000497. The third-order valence-corrected chi connectivity index (χ3v) is 5.45. The number of likely N-dealkylation sites (N-methyl/N-ethyl adjacent to an activating group) is 1. The van der Waals surface area contributed by atoms with Crippen molar-refractivity contribution in [3.63, 3.8) is 0 Å². The molecule has 0 radical (unpaired) electrons. The van der Waals surface area contributed by atoms with Crippen molar-refractivity contribution in [3.8, 4) is 0 Å². The molecule has 0 aliphatic carbocycles. The largest absolute Gasteiger partial charge is 0.369 e. The smallest absolute Gasteiger partial charge is 0.231 e. The molecule has 0 unspecified atom stereocenters. The van der Waals surface area contributed by atoms with Crippen LogP contribution in [0, 0.1) is 5.92 Å². The van der Waals surface area contributed by atoms with Gasteiger partial charge in [0.1, 0.15) is 0 Å². The number of amides is 1. The number of carbonyl (C=O) groups excluding carboxylic acids is 2. The summed E-state index contributed by atoms with van der Waals surface area (Å²) >= 11 is 0. The van der Waals surface area contributed by atoms with E-state index in [4.69, 9.17) is 5.73 Å². The summed E-state index contributed by atoms with van der Waals surface area (Å²) in [6.45, 7) is 18.9. The van der Waals surface area contributed by atoms with Crippen LogP contribution in [0.3, 0.4) is 0 Å². The molecule has 5 nitrogen and oxygen atoms in total. The lowest BCUT2D eigenvalue weighted by Gasteiger charge is -2.31. The number of carbonyl (C=O) groups is 2. The summed E-state index contributed by atoms with van der Waals surface area (Å²) in [4.78, 5) is 26.0. The summed E-state index contributed by atoms with van der Waals surface area (Å²) in [6, 6.07) is 7.97. The summed E-state index contributed by atoms with van der Waals surface area (Å²) in [6.07, 6.45) is 0. The fourth-order valence-electron chi connectivity index (χ4n) is 2.69. The average Bonchev–Trinajstić information content (AvgIpc) is 2.65. The number of Topliss-reactive ketones (excluding diaryl/α,β-unsaturated/α-hetero) is 1. The second-order valence-corrected chi connectivity index (χ2v) is 8.06. The molecule has 1 saturated heterocycles. The van der Waals surface area contributed by atoms with Crippen LogP contribution in [0.15, 0.2) is 24.3 Å². The lowest BCUT2D eigenvalue weighted by molar-refractivity contribution is -0.119. The number of hydrogen-bond acceptors (Lipinski definition) is 4. The Morgan fingerprint density at radius 3 is 1.86 bits per heavy atom. The maximum absolute atomic E-state index is 11.1. The lowest BCUT2D eigenvalue weighted by Crippen LogP contribution is -2.47. The lowest BCUT2D eigenvalue weighted by atomic mass is 9.75. The zero-order valence-electron chi connectivity index (χ0n) is 19.2. The van der Waals surface area contributed by atoms with E-state index >= 15 is 0 Å². The monoisotopic (exact) mass is 391 g/mol. The summed E-state index contributed by atoms with van der Waals surface area (Å²) in [5.74, 6) is 0.485. The molecular weight excluding hydrogens is 350 g/mol. The van der Waals surface area contributed by atoms with Crippen LogP contribution >= 0.6 is 0 Å². The van der Waals surface area contributed by atoms with Crippen molar-refractivity contribution in [1.29, 1.82) is 0 Å². The normalized spacial score (nSPS) is 15.2. The summed E-state index contributed by atoms with van der Waals surface area (Å²) in [5, 5.41) is 0. The first-order valence-electron chi connectivity index (χ1n) is 10.3. The van der Waals surface area contributed by atoms with Crippen molar-refractivity contribution >= 4 is 11.7 Å². The molecule has 1 heterocycles. The molecule has 5 heteroatoms. The highest BCUT2D eigenvalue weighted by Gasteiger charge is 2.24. The third kappa shape index (κ3) is 8.98. The molecule has 0 spiro atoms. The molecule has 1 aliphatic heterocycles. The molecular formula is C23H41N3O2. The van der Waals surface area contributed by atoms with E-state index in [9.17, 15) is 9.59 Å². The van der Waals surface area contributed by atoms with E-state index in [1.807, 2.05) is 26.0 Å². The summed E-state index contributed by atoms with van der Waals surface area (Å²) in [7, 11) is 2.08. The van der Waals surface area contributed by atoms with Gasteiger partial charge in [-0.25, -0.2) is 0 Å². The molecule has 1 aliphatic rings. The van der Waals surface area contributed by atoms with Gasteiger partial charge in [0.05, 0.1) is 6.54 Å². The summed E-state index contributed by atoms with van der Waals surface area (Å²) < 4.78 is 0. The predicted octanol–water partition coefficient (Wildman–Crippen LogP) is 3.57. The first-order valence-corrected chi connectivity index (χ1v) is 10.3. The topological polar surface area (TPSA) is 66.6 Å². The van der Waals surface area contributed by atoms with Crippen LogP contribution in [0.5, 0.6) is 0 Å². The highest BCUT2D eigenvalue weighted by atomic mass is 16.1. The van der Waals surface area contributed by atoms with E-state index in [2.05, 4.69) is 56.7 Å². The second kappa shape index (κ2) is 12.7. The van der Waals surface area contributed by atoms with Crippen LogP contribution in [0.4, 0.5) is 0 Å². The maximum atomic E-state index is 11.1. The van der Waals surface area contributed by atoms with Gasteiger partial charge < -0.3 is 10.6 Å². The zero-order chi connectivity index (χ0) is 21.9. The van der Waals surface area contributed by atoms with Crippen molar-refractivity contribution in [2.45, 2.75) is 53.9 Å². The van der Waals surface area contributed by atoms with Crippen molar-refractivity contribution in [2.24, 2.45) is 11.7 Å². The van der Waals surface area contributed by atoms with Gasteiger partial charge in [-0.15, -0.1) is 0 Å². The summed E-state index contributed by atoms with van der Waals surface area (Å²) in [5.41, 5.74) is 7.31. The minimum absolute atomic E-state index is 0.129. The molecule has 28 heavy (non-hydrogen) atoms. The molecule has 1 amide bonds. The molecule has 2 N–H and O–H groups in total. The Morgan fingerprint density at radius 2 is 1.50 bits per heavy atom. The Kier molecular flexibility index (Phi) is 11.9. The van der Waals surface area contributed by atoms with Crippen LogP contribution < -0.4 is 5.73 Å². The Bertz CT molecular complexity index is 586. The minimum atomic E-state index is -0.227. The van der Waals surface area contributed by atoms with Crippen molar-refractivity contribution in [3.05, 3.63) is 35.4 Å². The zero-order valence-corrected chi connectivity index (χ0v) is 19.2. The number of piperazine rings is 1. The van der Waals surface area contributed by atoms with Gasteiger partial charge in [0.15, 0.2) is 5.78 Å². The van der Waals surface area contributed by atoms with Crippen molar-refractivity contribution in [2.75, 3.05) is 39.8 Å². The van der Waals surface area contributed by atoms with Crippen LogP contribution in [0.2, 0.25) is 0 Å². The van der Waals surface area contributed by atoms with Gasteiger partial charge in [-0.2, -0.15) is 0 Å². The number of hydrogen-bond donors (Lipinski definition) is 1. The highest BCUT2D eigenvalue weighted by Crippen LogP contribution is 2.31. The molecule has 160 valence electrons. The molecule has 1 fully saturated rings. The number of rotatable bonds is 5. The van der Waals surface area contributed by atoms with Gasteiger partial charge in [-0.05, 0) is 30.9 Å². The van der Waals surface area contributed by atoms with E-state index in [-0.39, 0.29) is 17.1 Å².